The van der Waals surface area contributed by atoms with E-state index in [0.717, 1.165) is 26.4 Å². The molecule has 1 aromatic carbocycles. The highest BCUT2D eigenvalue weighted by Gasteiger charge is 2.08. The topological polar surface area (TPSA) is 48.1 Å². The molecule has 2 N–H and O–H groups in total. The van der Waals surface area contributed by atoms with Crippen LogP contribution in [0.3, 0.4) is 0 Å². The van der Waals surface area contributed by atoms with Crippen molar-refractivity contribution in [3.63, 3.8) is 0 Å². The molecule has 2 rings (SSSR count). The zero-order valence-electron chi connectivity index (χ0n) is 9.44. The highest BCUT2D eigenvalue weighted by Crippen LogP contribution is 2.28. The van der Waals surface area contributed by atoms with E-state index < -0.39 is 0 Å². The van der Waals surface area contributed by atoms with Gasteiger partial charge < -0.3 is 10.5 Å². The van der Waals surface area contributed by atoms with Gasteiger partial charge in [0, 0.05) is 28.2 Å². The minimum Gasteiger partial charge on any atom is -0.486 e. The van der Waals surface area contributed by atoms with Crippen LogP contribution in [0, 0.1) is 6.92 Å². The maximum Gasteiger partial charge on any atom is 0.140 e. The van der Waals surface area contributed by atoms with E-state index in [9.17, 15) is 0 Å². The van der Waals surface area contributed by atoms with E-state index in [2.05, 4.69) is 20.9 Å². The number of aromatic nitrogens is 1. The fourth-order valence-corrected chi connectivity index (χ4v) is 2.76. The van der Waals surface area contributed by atoms with Crippen LogP contribution in [0.15, 0.2) is 28.2 Å². The van der Waals surface area contributed by atoms with E-state index in [1.165, 1.54) is 0 Å². The van der Waals surface area contributed by atoms with Crippen LogP contribution in [0.5, 0.6) is 5.75 Å². The van der Waals surface area contributed by atoms with Gasteiger partial charge in [0.15, 0.2) is 0 Å². The molecule has 90 valence electrons. The number of benzene rings is 1. The van der Waals surface area contributed by atoms with Crippen molar-refractivity contribution in [3.05, 3.63) is 44.3 Å². The molecule has 0 bridgehead atoms. The molecule has 0 saturated carbocycles. The van der Waals surface area contributed by atoms with Crippen molar-refractivity contribution < 1.29 is 4.74 Å². The summed E-state index contributed by atoms with van der Waals surface area (Å²) in [4.78, 5) is 4.19. The third-order valence-corrected chi connectivity index (χ3v) is 3.57. The standard InChI is InChI=1S/C12H13BrN2OS/c1-8-4-10(13)5-9(6-14)12(8)16-7-11-15-2-3-17-11/h2-5H,6-7,14H2,1H3. The Kier molecular flexibility index (Phi) is 4.15. The average Bonchev–Trinajstić information content (AvgIpc) is 2.79. The van der Waals surface area contributed by atoms with Gasteiger partial charge in [0.1, 0.15) is 17.4 Å². The minimum absolute atomic E-state index is 0.466. The number of hydrogen-bond acceptors (Lipinski definition) is 4. The maximum atomic E-state index is 5.81. The Morgan fingerprint density at radius 3 is 2.94 bits per heavy atom. The Bertz CT molecular complexity index is 499. The van der Waals surface area contributed by atoms with Crippen molar-refractivity contribution in [3.8, 4) is 5.75 Å². The summed E-state index contributed by atoms with van der Waals surface area (Å²) < 4.78 is 6.83. The molecule has 0 spiro atoms. The van der Waals surface area contributed by atoms with Gasteiger partial charge in [0.2, 0.25) is 0 Å². The van der Waals surface area contributed by atoms with Crippen LogP contribution in [0.25, 0.3) is 0 Å². The minimum atomic E-state index is 0.466. The van der Waals surface area contributed by atoms with Gasteiger partial charge in [-0.1, -0.05) is 15.9 Å². The number of nitrogens with zero attached hydrogens (tertiary/aromatic N) is 1. The summed E-state index contributed by atoms with van der Waals surface area (Å²) in [7, 11) is 0. The zero-order valence-corrected chi connectivity index (χ0v) is 11.8. The van der Waals surface area contributed by atoms with Gasteiger partial charge in [-0.2, -0.15) is 0 Å². The molecule has 3 nitrogen and oxygen atoms in total. The van der Waals surface area contributed by atoms with Crippen molar-refractivity contribution >= 4 is 27.3 Å². The number of ether oxygens (including phenoxy) is 1. The summed E-state index contributed by atoms with van der Waals surface area (Å²) in [6.45, 7) is 2.97. The lowest BCUT2D eigenvalue weighted by molar-refractivity contribution is 0.300. The second-order valence-electron chi connectivity index (χ2n) is 3.63. The van der Waals surface area contributed by atoms with E-state index in [1.54, 1.807) is 17.5 Å². The molecule has 0 unspecified atom stereocenters. The number of hydrogen-bond donors (Lipinski definition) is 1. The quantitative estimate of drug-likeness (QED) is 0.942. The molecule has 0 aliphatic rings. The van der Waals surface area contributed by atoms with Crippen LogP contribution in [-0.2, 0) is 13.2 Å². The molecule has 0 amide bonds. The second-order valence-corrected chi connectivity index (χ2v) is 5.52. The summed E-state index contributed by atoms with van der Waals surface area (Å²) in [6, 6.07) is 4.01. The Morgan fingerprint density at radius 1 is 1.47 bits per heavy atom. The van der Waals surface area contributed by atoms with Gasteiger partial charge in [-0.25, -0.2) is 4.98 Å². The largest absolute Gasteiger partial charge is 0.486 e. The molecule has 0 aliphatic carbocycles. The maximum absolute atomic E-state index is 5.81. The molecule has 2 aromatic rings. The Hall–Kier alpha value is -0.910. The zero-order chi connectivity index (χ0) is 12.3. The summed E-state index contributed by atoms with van der Waals surface area (Å²) in [5.74, 6) is 0.867. The molecule has 0 radical (unpaired) electrons. The molecule has 0 saturated heterocycles. The van der Waals surface area contributed by atoms with E-state index in [1.807, 2.05) is 24.4 Å². The molecule has 0 aliphatic heterocycles. The van der Waals surface area contributed by atoms with Crippen LogP contribution >= 0.6 is 27.3 Å². The lowest BCUT2D eigenvalue weighted by Gasteiger charge is -2.13. The van der Waals surface area contributed by atoms with Crippen molar-refractivity contribution in [2.75, 3.05) is 0 Å². The lowest BCUT2D eigenvalue weighted by Crippen LogP contribution is -2.04. The predicted octanol–water partition coefficient (Wildman–Crippen LogP) is 3.25. The molecular formula is C12H13BrN2OS. The van der Waals surface area contributed by atoms with Gasteiger partial charge in [0.25, 0.3) is 0 Å². The van der Waals surface area contributed by atoms with Crippen LogP contribution in [0.1, 0.15) is 16.1 Å². The first-order valence-electron chi connectivity index (χ1n) is 5.21. The SMILES string of the molecule is Cc1cc(Br)cc(CN)c1OCc1nccs1. The lowest BCUT2D eigenvalue weighted by atomic mass is 10.1. The third kappa shape index (κ3) is 3.06. The van der Waals surface area contributed by atoms with Crippen molar-refractivity contribution in [2.24, 2.45) is 5.73 Å². The summed E-state index contributed by atoms with van der Waals surface area (Å²) in [5.41, 5.74) is 7.81. The van der Waals surface area contributed by atoms with Gasteiger partial charge in [0.05, 0.1) is 0 Å². The summed E-state index contributed by atoms with van der Waals surface area (Å²) in [6.07, 6.45) is 1.78. The summed E-state index contributed by atoms with van der Waals surface area (Å²) in [5, 5.41) is 2.91. The molecule has 0 fully saturated rings. The fourth-order valence-electron chi connectivity index (χ4n) is 1.62. The van der Waals surface area contributed by atoms with Crippen LogP contribution < -0.4 is 10.5 Å². The molecule has 5 heteroatoms. The Balaban J connectivity index is 2.19. The highest BCUT2D eigenvalue weighted by atomic mass is 79.9. The van der Waals surface area contributed by atoms with E-state index in [4.69, 9.17) is 10.5 Å². The first-order chi connectivity index (χ1) is 8.20. The van der Waals surface area contributed by atoms with E-state index >= 15 is 0 Å². The van der Waals surface area contributed by atoms with Crippen LogP contribution in [0.4, 0.5) is 0 Å². The van der Waals surface area contributed by atoms with Crippen molar-refractivity contribution in [2.45, 2.75) is 20.1 Å². The number of rotatable bonds is 4. The molecule has 17 heavy (non-hydrogen) atoms. The number of halogens is 1. The second kappa shape index (κ2) is 5.62. The average molecular weight is 313 g/mol. The van der Waals surface area contributed by atoms with Crippen LogP contribution in [-0.4, -0.2) is 4.98 Å². The smallest absolute Gasteiger partial charge is 0.140 e. The number of thiazole rings is 1. The Morgan fingerprint density at radius 2 is 2.29 bits per heavy atom. The first kappa shape index (κ1) is 12.5. The molecule has 1 aromatic heterocycles. The monoisotopic (exact) mass is 312 g/mol. The van der Waals surface area contributed by atoms with E-state index in [0.29, 0.717) is 13.2 Å². The Labute approximate surface area is 113 Å². The number of aryl methyl sites for hydroxylation is 1. The van der Waals surface area contributed by atoms with Gasteiger partial charge in [-0.05, 0) is 24.6 Å². The highest BCUT2D eigenvalue weighted by molar-refractivity contribution is 9.10. The van der Waals surface area contributed by atoms with Crippen molar-refractivity contribution in [1.29, 1.82) is 0 Å². The normalized spacial score (nSPS) is 10.5. The third-order valence-electron chi connectivity index (χ3n) is 2.36. The first-order valence-corrected chi connectivity index (χ1v) is 6.88. The van der Waals surface area contributed by atoms with Gasteiger partial charge in [-0.15, -0.1) is 11.3 Å². The van der Waals surface area contributed by atoms with Gasteiger partial charge >= 0.3 is 0 Å². The van der Waals surface area contributed by atoms with Gasteiger partial charge in [-0.3, -0.25) is 0 Å². The van der Waals surface area contributed by atoms with Crippen LogP contribution in [0.2, 0.25) is 0 Å². The van der Waals surface area contributed by atoms with Crippen molar-refractivity contribution in [1.82, 2.24) is 4.98 Å². The van der Waals surface area contributed by atoms with E-state index in [-0.39, 0.29) is 0 Å². The molecule has 0 atom stereocenters. The molecule has 1 heterocycles. The number of nitrogens with two attached hydrogens (primary N) is 1. The fraction of sp³-hybridized carbons (Fsp3) is 0.250. The predicted molar refractivity (Wildman–Crippen MR) is 73.2 cm³/mol. The molecular weight excluding hydrogens is 300 g/mol. The summed E-state index contributed by atoms with van der Waals surface area (Å²) >= 11 is 5.04.